The zero-order chi connectivity index (χ0) is 13.0. The number of hydrogen-bond acceptors (Lipinski definition) is 4. The molecule has 0 aliphatic carbocycles. The summed E-state index contributed by atoms with van der Waals surface area (Å²) in [4.78, 5) is 4.15. The lowest BCUT2D eigenvalue weighted by atomic mass is 10.1. The highest BCUT2D eigenvalue weighted by Gasteiger charge is 2.11. The van der Waals surface area contributed by atoms with E-state index in [1.54, 1.807) is 11.6 Å². The van der Waals surface area contributed by atoms with Gasteiger partial charge in [-0.05, 0) is 30.7 Å². The van der Waals surface area contributed by atoms with E-state index in [2.05, 4.69) is 4.98 Å². The van der Waals surface area contributed by atoms with Crippen molar-refractivity contribution in [2.24, 2.45) is 5.73 Å². The van der Waals surface area contributed by atoms with Crippen molar-refractivity contribution in [2.75, 3.05) is 6.54 Å². The summed E-state index contributed by atoms with van der Waals surface area (Å²) in [5.74, 6) is 0.638. The second-order valence-electron chi connectivity index (χ2n) is 3.68. The van der Waals surface area contributed by atoms with Crippen LogP contribution in [-0.4, -0.2) is 11.5 Å². The minimum absolute atomic E-state index is 0.391. The first-order chi connectivity index (χ1) is 8.70. The molecule has 0 spiro atoms. The Kier molecular flexibility index (Phi) is 4.83. The van der Waals surface area contributed by atoms with Crippen molar-refractivity contribution in [1.29, 1.82) is 0 Å². The first-order valence-corrected chi connectivity index (χ1v) is 7.08. The number of nitrogens with two attached hydrogens (primary N) is 1. The summed E-state index contributed by atoms with van der Waals surface area (Å²) in [6.45, 7) is 0.909. The van der Waals surface area contributed by atoms with Gasteiger partial charge in [0.2, 0.25) is 0 Å². The normalized spacial score (nSPS) is 10.6. The molecule has 6 heteroatoms. The lowest BCUT2D eigenvalue weighted by Gasteiger charge is -2.12. The standard InChI is InChI=1S/C12H12Cl2N2OS/c13-9-3-8(1-2-15)12(11(14)4-9)17-5-10-6-18-7-16-10/h3-4,6-7H,1-2,5,15H2. The van der Waals surface area contributed by atoms with Crippen LogP contribution < -0.4 is 10.5 Å². The number of nitrogens with zero attached hydrogens (tertiary/aromatic N) is 1. The molecule has 0 atom stereocenters. The highest BCUT2D eigenvalue weighted by molar-refractivity contribution is 7.07. The zero-order valence-corrected chi connectivity index (χ0v) is 11.9. The van der Waals surface area contributed by atoms with Crippen molar-refractivity contribution in [1.82, 2.24) is 4.98 Å². The van der Waals surface area contributed by atoms with Gasteiger partial charge in [0.15, 0.2) is 0 Å². The Morgan fingerprint density at radius 2 is 2.17 bits per heavy atom. The quantitative estimate of drug-likeness (QED) is 0.919. The van der Waals surface area contributed by atoms with Crippen molar-refractivity contribution in [3.63, 3.8) is 0 Å². The lowest BCUT2D eigenvalue weighted by Crippen LogP contribution is -2.06. The van der Waals surface area contributed by atoms with Crippen LogP contribution >= 0.6 is 34.5 Å². The van der Waals surface area contributed by atoms with E-state index in [1.807, 2.05) is 11.4 Å². The highest BCUT2D eigenvalue weighted by Crippen LogP contribution is 2.33. The number of thiazole rings is 1. The van der Waals surface area contributed by atoms with Gasteiger partial charge in [-0.2, -0.15) is 0 Å². The maximum atomic E-state index is 6.14. The molecule has 1 heterocycles. The SMILES string of the molecule is NCCc1cc(Cl)cc(Cl)c1OCc1cscn1. The minimum Gasteiger partial charge on any atom is -0.485 e. The maximum Gasteiger partial charge on any atom is 0.141 e. The Balaban J connectivity index is 2.19. The molecule has 0 unspecified atom stereocenters. The van der Waals surface area contributed by atoms with Crippen LogP contribution in [-0.2, 0) is 13.0 Å². The van der Waals surface area contributed by atoms with Crippen molar-refractivity contribution in [3.8, 4) is 5.75 Å². The third-order valence-corrected chi connectivity index (χ3v) is 3.48. The first kappa shape index (κ1) is 13.6. The summed E-state index contributed by atoms with van der Waals surface area (Å²) in [5, 5.41) is 3.03. The molecule has 0 radical (unpaired) electrons. The average Bonchev–Trinajstić information content (AvgIpc) is 2.81. The molecule has 2 N–H and O–H groups in total. The third-order valence-electron chi connectivity index (χ3n) is 2.35. The molecule has 18 heavy (non-hydrogen) atoms. The number of hydrogen-bond donors (Lipinski definition) is 1. The molecular weight excluding hydrogens is 291 g/mol. The van der Waals surface area contributed by atoms with E-state index in [4.69, 9.17) is 33.7 Å². The lowest BCUT2D eigenvalue weighted by molar-refractivity contribution is 0.299. The van der Waals surface area contributed by atoms with E-state index in [9.17, 15) is 0 Å². The van der Waals surface area contributed by atoms with E-state index in [1.165, 1.54) is 11.3 Å². The molecule has 96 valence electrons. The van der Waals surface area contributed by atoms with E-state index < -0.39 is 0 Å². The van der Waals surface area contributed by atoms with Crippen LogP contribution in [0.5, 0.6) is 5.75 Å². The fourth-order valence-electron chi connectivity index (χ4n) is 1.57. The van der Waals surface area contributed by atoms with Gasteiger partial charge in [0.05, 0.1) is 16.2 Å². The Morgan fingerprint density at radius 3 is 2.83 bits per heavy atom. The van der Waals surface area contributed by atoms with Crippen molar-refractivity contribution < 1.29 is 4.74 Å². The summed E-state index contributed by atoms with van der Waals surface area (Å²) < 4.78 is 5.72. The van der Waals surface area contributed by atoms with Gasteiger partial charge < -0.3 is 10.5 Å². The van der Waals surface area contributed by atoms with E-state index in [-0.39, 0.29) is 0 Å². The van der Waals surface area contributed by atoms with Gasteiger partial charge in [-0.1, -0.05) is 23.2 Å². The molecule has 0 bridgehead atoms. The minimum atomic E-state index is 0.391. The number of rotatable bonds is 5. The summed E-state index contributed by atoms with van der Waals surface area (Å²) in [6, 6.07) is 3.50. The summed E-state index contributed by atoms with van der Waals surface area (Å²) in [7, 11) is 0. The van der Waals surface area contributed by atoms with Gasteiger partial charge in [-0.25, -0.2) is 4.98 Å². The molecule has 3 nitrogen and oxygen atoms in total. The maximum absolute atomic E-state index is 6.14. The van der Waals surface area contributed by atoms with Crippen molar-refractivity contribution in [2.45, 2.75) is 13.0 Å². The predicted molar refractivity (Wildman–Crippen MR) is 75.7 cm³/mol. The Labute approximate surface area is 120 Å². The second kappa shape index (κ2) is 6.38. The van der Waals surface area contributed by atoms with Crippen LogP contribution in [0.2, 0.25) is 10.0 Å². The van der Waals surface area contributed by atoms with E-state index >= 15 is 0 Å². The first-order valence-electron chi connectivity index (χ1n) is 5.38. The number of ether oxygens (including phenoxy) is 1. The number of benzene rings is 1. The molecule has 2 aromatic rings. The second-order valence-corrected chi connectivity index (χ2v) is 5.25. The van der Waals surface area contributed by atoms with Gasteiger partial charge in [0, 0.05) is 10.4 Å². The Bertz CT molecular complexity index is 517. The molecule has 0 aliphatic rings. The summed E-state index contributed by atoms with van der Waals surface area (Å²) in [5.41, 5.74) is 9.14. The molecule has 0 saturated heterocycles. The van der Waals surface area contributed by atoms with Gasteiger partial charge in [0.1, 0.15) is 12.4 Å². The van der Waals surface area contributed by atoms with E-state index in [0.29, 0.717) is 35.4 Å². The predicted octanol–water partition coefficient (Wildman–Crippen LogP) is 3.53. The molecule has 0 saturated carbocycles. The monoisotopic (exact) mass is 302 g/mol. The molecule has 1 aromatic carbocycles. The van der Waals surface area contributed by atoms with Crippen LogP contribution in [0.4, 0.5) is 0 Å². The van der Waals surface area contributed by atoms with Gasteiger partial charge >= 0.3 is 0 Å². The highest BCUT2D eigenvalue weighted by atomic mass is 35.5. The molecule has 2 rings (SSSR count). The molecule has 0 amide bonds. The Hall–Kier alpha value is -0.810. The summed E-state index contributed by atoms with van der Waals surface area (Å²) >= 11 is 13.6. The van der Waals surface area contributed by atoms with Crippen molar-refractivity contribution in [3.05, 3.63) is 44.3 Å². The van der Waals surface area contributed by atoms with Crippen LogP contribution in [0.25, 0.3) is 0 Å². The van der Waals surface area contributed by atoms with Crippen LogP contribution in [0.15, 0.2) is 23.0 Å². The van der Waals surface area contributed by atoms with Crippen LogP contribution in [0, 0.1) is 0 Å². The third kappa shape index (κ3) is 3.36. The van der Waals surface area contributed by atoms with Gasteiger partial charge in [-0.15, -0.1) is 11.3 Å². The largest absolute Gasteiger partial charge is 0.485 e. The topological polar surface area (TPSA) is 48.1 Å². The fourth-order valence-corrected chi connectivity index (χ4v) is 2.70. The van der Waals surface area contributed by atoms with E-state index in [0.717, 1.165) is 11.3 Å². The zero-order valence-electron chi connectivity index (χ0n) is 9.53. The van der Waals surface area contributed by atoms with Crippen LogP contribution in [0.3, 0.4) is 0 Å². The molecule has 1 aromatic heterocycles. The number of aromatic nitrogens is 1. The van der Waals surface area contributed by atoms with Crippen molar-refractivity contribution >= 4 is 34.5 Å². The summed E-state index contributed by atoms with van der Waals surface area (Å²) in [6.07, 6.45) is 0.673. The van der Waals surface area contributed by atoms with Gasteiger partial charge in [0.25, 0.3) is 0 Å². The Morgan fingerprint density at radius 1 is 1.33 bits per heavy atom. The fraction of sp³-hybridized carbons (Fsp3) is 0.250. The number of halogens is 2. The van der Waals surface area contributed by atoms with Crippen LogP contribution in [0.1, 0.15) is 11.3 Å². The molecule has 0 fully saturated rings. The van der Waals surface area contributed by atoms with Gasteiger partial charge in [-0.3, -0.25) is 0 Å². The molecule has 0 aliphatic heterocycles. The smallest absolute Gasteiger partial charge is 0.141 e. The molecular formula is C12H12Cl2N2OS. The average molecular weight is 303 g/mol.